The number of hydrogen-bond donors (Lipinski definition) is 0. The molecule has 9 nitrogen and oxygen atoms in total. The molecule has 0 spiro atoms. The Labute approximate surface area is 187 Å². The second-order valence-electron chi connectivity index (χ2n) is 7.00. The van der Waals surface area contributed by atoms with Gasteiger partial charge in [-0.05, 0) is 36.8 Å². The molecule has 174 valence electrons. The normalized spacial score (nSPS) is 15.3. The Morgan fingerprint density at radius 1 is 1.03 bits per heavy atom. The number of carbonyl (C=O) groups is 1. The molecule has 0 aromatic heterocycles. The minimum Gasteiger partial charge on any atom is -0.495 e. The van der Waals surface area contributed by atoms with E-state index in [4.69, 9.17) is 14.2 Å². The average Bonchev–Trinajstić information content (AvgIpc) is 2.82. The van der Waals surface area contributed by atoms with Crippen molar-refractivity contribution in [2.24, 2.45) is 0 Å². The van der Waals surface area contributed by atoms with Crippen molar-refractivity contribution < 1.29 is 35.8 Å². The number of nitrogens with zero attached hydrogens (tertiary/aromatic N) is 1. The van der Waals surface area contributed by atoms with Gasteiger partial charge in [0.25, 0.3) is 0 Å². The van der Waals surface area contributed by atoms with Crippen LogP contribution < -0.4 is 4.74 Å². The Morgan fingerprint density at radius 2 is 1.72 bits per heavy atom. The fraction of sp³-hybridized carbons (Fsp3) is 0.381. The zero-order valence-corrected chi connectivity index (χ0v) is 19.2. The first-order valence-electron chi connectivity index (χ1n) is 9.96. The van der Waals surface area contributed by atoms with Crippen LogP contribution >= 0.6 is 0 Å². The summed E-state index contributed by atoms with van der Waals surface area (Å²) in [5.74, 6) is -0.811. The van der Waals surface area contributed by atoms with Crippen molar-refractivity contribution in [3.63, 3.8) is 0 Å². The third-order valence-electron chi connectivity index (χ3n) is 4.88. The van der Waals surface area contributed by atoms with Gasteiger partial charge in [0.05, 0.1) is 43.1 Å². The molecule has 3 rings (SSSR count). The predicted molar refractivity (Wildman–Crippen MR) is 116 cm³/mol. The number of ether oxygens (including phenoxy) is 3. The molecule has 2 aromatic rings. The maximum Gasteiger partial charge on any atom is 0.338 e. The van der Waals surface area contributed by atoms with Crippen molar-refractivity contribution in [3.8, 4) is 5.75 Å². The van der Waals surface area contributed by atoms with E-state index in [0.717, 1.165) is 0 Å². The molecule has 0 N–H and O–H groups in total. The fourth-order valence-corrected chi connectivity index (χ4v) is 6.07. The van der Waals surface area contributed by atoms with E-state index in [1.54, 1.807) is 18.2 Å². The van der Waals surface area contributed by atoms with Crippen LogP contribution in [0.2, 0.25) is 0 Å². The van der Waals surface area contributed by atoms with Gasteiger partial charge in [0, 0.05) is 13.1 Å². The van der Waals surface area contributed by atoms with Crippen molar-refractivity contribution in [2.75, 3.05) is 45.8 Å². The van der Waals surface area contributed by atoms with E-state index in [1.807, 2.05) is 0 Å². The van der Waals surface area contributed by atoms with Gasteiger partial charge in [-0.3, -0.25) is 0 Å². The molecule has 1 aliphatic rings. The van der Waals surface area contributed by atoms with Gasteiger partial charge in [-0.2, -0.15) is 4.31 Å². The summed E-state index contributed by atoms with van der Waals surface area (Å²) in [4.78, 5) is 12.5. The van der Waals surface area contributed by atoms with Crippen LogP contribution in [0.5, 0.6) is 5.75 Å². The number of morpholine rings is 1. The van der Waals surface area contributed by atoms with Crippen LogP contribution in [0.25, 0.3) is 0 Å². The summed E-state index contributed by atoms with van der Waals surface area (Å²) >= 11 is 0. The summed E-state index contributed by atoms with van der Waals surface area (Å²) in [7, 11) is -6.02. The number of carbonyl (C=O) groups excluding carboxylic acids is 1. The molecule has 0 unspecified atom stereocenters. The van der Waals surface area contributed by atoms with E-state index in [1.165, 1.54) is 41.7 Å². The van der Waals surface area contributed by atoms with E-state index < -0.39 is 25.8 Å². The second-order valence-corrected chi connectivity index (χ2v) is 11.0. The highest BCUT2D eigenvalue weighted by molar-refractivity contribution is 7.91. The lowest BCUT2D eigenvalue weighted by atomic mass is 10.2. The molecule has 0 atom stereocenters. The van der Waals surface area contributed by atoms with Crippen LogP contribution in [-0.2, 0) is 29.3 Å². The highest BCUT2D eigenvalue weighted by Crippen LogP contribution is 2.28. The molecule has 1 aliphatic heterocycles. The number of benzene rings is 2. The van der Waals surface area contributed by atoms with Gasteiger partial charge in [0.15, 0.2) is 9.84 Å². The molecular weight excluding hydrogens is 458 g/mol. The summed E-state index contributed by atoms with van der Waals surface area (Å²) in [5.41, 5.74) is 0.0311. The molecule has 0 aliphatic carbocycles. The summed E-state index contributed by atoms with van der Waals surface area (Å²) < 4.78 is 67.4. The minimum atomic E-state index is -3.89. The van der Waals surface area contributed by atoms with Crippen LogP contribution in [-0.4, -0.2) is 72.9 Å². The van der Waals surface area contributed by atoms with Gasteiger partial charge >= 0.3 is 5.97 Å². The third kappa shape index (κ3) is 5.66. The van der Waals surface area contributed by atoms with E-state index in [9.17, 15) is 21.6 Å². The topological polar surface area (TPSA) is 116 Å². The summed E-state index contributed by atoms with van der Waals surface area (Å²) in [6.07, 6.45) is 0.109. The van der Waals surface area contributed by atoms with Crippen LogP contribution in [0.3, 0.4) is 0 Å². The molecule has 0 amide bonds. The average molecular weight is 484 g/mol. The Morgan fingerprint density at radius 3 is 2.38 bits per heavy atom. The number of hydrogen-bond acceptors (Lipinski definition) is 8. The van der Waals surface area contributed by atoms with Gasteiger partial charge in [-0.15, -0.1) is 0 Å². The van der Waals surface area contributed by atoms with Crippen molar-refractivity contribution in [1.82, 2.24) is 4.31 Å². The molecule has 0 bridgehead atoms. The van der Waals surface area contributed by atoms with Crippen LogP contribution in [0, 0.1) is 0 Å². The van der Waals surface area contributed by atoms with E-state index >= 15 is 0 Å². The van der Waals surface area contributed by atoms with Gasteiger partial charge in [-0.1, -0.05) is 18.2 Å². The lowest BCUT2D eigenvalue weighted by Gasteiger charge is -2.26. The van der Waals surface area contributed by atoms with Crippen LogP contribution in [0.1, 0.15) is 16.8 Å². The van der Waals surface area contributed by atoms with Gasteiger partial charge in [-0.25, -0.2) is 21.6 Å². The first kappa shape index (κ1) is 24.2. The number of sulfonamides is 1. The number of rotatable bonds is 9. The fourth-order valence-electron chi connectivity index (χ4n) is 3.17. The van der Waals surface area contributed by atoms with Gasteiger partial charge in [0.1, 0.15) is 10.6 Å². The Kier molecular flexibility index (Phi) is 7.88. The predicted octanol–water partition coefficient (Wildman–Crippen LogP) is 1.74. The van der Waals surface area contributed by atoms with Gasteiger partial charge < -0.3 is 14.2 Å². The second kappa shape index (κ2) is 10.4. The highest BCUT2D eigenvalue weighted by atomic mass is 32.2. The Bertz CT molecular complexity index is 1140. The quantitative estimate of drug-likeness (QED) is 0.391. The molecule has 11 heteroatoms. The van der Waals surface area contributed by atoms with E-state index in [0.29, 0.717) is 0 Å². The summed E-state index contributed by atoms with van der Waals surface area (Å²) in [5, 5.41) is 0. The van der Waals surface area contributed by atoms with E-state index in [2.05, 4.69) is 0 Å². The molecule has 0 radical (unpaired) electrons. The SMILES string of the molecule is COc1ccc(C(=O)OCCCS(=O)(=O)c2ccccc2)cc1S(=O)(=O)N1CCOCC1. The summed E-state index contributed by atoms with van der Waals surface area (Å²) in [6, 6.07) is 12.0. The number of methoxy groups -OCH3 is 1. The Hall–Kier alpha value is -2.47. The molecule has 1 fully saturated rings. The van der Waals surface area contributed by atoms with Crippen molar-refractivity contribution in [2.45, 2.75) is 16.2 Å². The summed E-state index contributed by atoms with van der Waals surface area (Å²) in [6.45, 7) is 0.860. The maximum absolute atomic E-state index is 13.0. The molecular formula is C21H25NO8S2. The minimum absolute atomic E-state index is 0.0311. The largest absolute Gasteiger partial charge is 0.495 e. The molecule has 1 saturated heterocycles. The number of sulfone groups is 1. The third-order valence-corrected chi connectivity index (χ3v) is 8.62. The van der Waals surface area contributed by atoms with Crippen molar-refractivity contribution >= 4 is 25.8 Å². The first-order chi connectivity index (χ1) is 15.3. The van der Waals surface area contributed by atoms with Crippen LogP contribution in [0.15, 0.2) is 58.3 Å². The smallest absolute Gasteiger partial charge is 0.338 e. The highest BCUT2D eigenvalue weighted by Gasteiger charge is 2.30. The van der Waals surface area contributed by atoms with Crippen molar-refractivity contribution in [1.29, 1.82) is 0 Å². The Balaban J connectivity index is 1.66. The van der Waals surface area contributed by atoms with Gasteiger partial charge in [0.2, 0.25) is 10.0 Å². The van der Waals surface area contributed by atoms with Crippen LogP contribution in [0.4, 0.5) is 0 Å². The maximum atomic E-state index is 13.0. The molecule has 1 heterocycles. The van der Waals surface area contributed by atoms with Crippen molar-refractivity contribution in [3.05, 3.63) is 54.1 Å². The zero-order valence-electron chi connectivity index (χ0n) is 17.6. The zero-order chi connectivity index (χ0) is 23.2. The molecule has 32 heavy (non-hydrogen) atoms. The monoisotopic (exact) mass is 483 g/mol. The lowest BCUT2D eigenvalue weighted by molar-refractivity contribution is 0.0505. The lowest BCUT2D eigenvalue weighted by Crippen LogP contribution is -2.40. The number of esters is 1. The molecule has 2 aromatic carbocycles. The first-order valence-corrected chi connectivity index (χ1v) is 13.1. The van der Waals surface area contributed by atoms with E-state index in [-0.39, 0.29) is 66.2 Å². The molecule has 0 saturated carbocycles. The standard InChI is InChI=1S/C21H25NO8S2/c1-28-19-9-8-17(16-20(19)32(26,27)22-10-13-29-14-11-22)21(23)30-12-5-15-31(24,25)18-6-3-2-4-7-18/h2-4,6-9,16H,5,10-15H2,1H3.